The van der Waals surface area contributed by atoms with Crippen molar-refractivity contribution in [2.75, 3.05) is 13.1 Å². The summed E-state index contributed by atoms with van der Waals surface area (Å²) in [7, 11) is 0. The van der Waals surface area contributed by atoms with Gasteiger partial charge in [-0.05, 0) is 37.5 Å². The van der Waals surface area contributed by atoms with Gasteiger partial charge in [0, 0.05) is 19.5 Å². The lowest BCUT2D eigenvalue weighted by Crippen LogP contribution is -2.34. The van der Waals surface area contributed by atoms with Gasteiger partial charge in [-0.2, -0.15) is 0 Å². The Kier molecular flexibility index (Phi) is 11.6. The molecule has 0 aliphatic rings. The molecule has 0 rings (SSSR count). The van der Waals surface area contributed by atoms with Crippen LogP contribution in [-0.2, 0) is 9.59 Å². The molecule has 148 valence electrons. The molecule has 0 radical (unpaired) electrons. The average Bonchev–Trinajstić information content (AvgIpc) is 2.50. The van der Waals surface area contributed by atoms with Crippen molar-refractivity contribution < 1.29 is 14.7 Å². The largest absolute Gasteiger partial charge is 0.481 e. The summed E-state index contributed by atoms with van der Waals surface area (Å²) in [5.74, 6) is -0.389. The normalized spacial score (nSPS) is 15.2. The van der Waals surface area contributed by atoms with E-state index >= 15 is 0 Å². The first-order chi connectivity index (χ1) is 12.1. The first kappa shape index (κ1) is 24.2. The van der Waals surface area contributed by atoms with Crippen LogP contribution in [0.15, 0.2) is 37.0 Å². The number of hydrogen-bond donors (Lipinski definition) is 1. The number of rotatable bonds is 13. The summed E-state index contributed by atoms with van der Waals surface area (Å²) >= 11 is 0. The molecule has 0 saturated heterocycles. The molecule has 1 amide bonds. The lowest BCUT2D eigenvalue weighted by Gasteiger charge is -2.23. The number of allylic oxidation sites excluding steroid dienone is 1. The highest BCUT2D eigenvalue weighted by molar-refractivity contribution is 5.84. The van der Waals surface area contributed by atoms with Crippen molar-refractivity contribution in [2.45, 2.75) is 53.9 Å². The minimum Gasteiger partial charge on any atom is -0.481 e. The van der Waals surface area contributed by atoms with Crippen LogP contribution >= 0.6 is 0 Å². The number of aliphatic carboxylic acids is 1. The van der Waals surface area contributed by atoms with E-state index in [0.29, 0.717) is 24.9 Å². The van der Waals surface area contributed by atoms with E-state index in [0.717, 1.165) is 18.4 Å². The van der Waals surface area contributed by atoms with E-state index in [1.54, 1.807) is 17.1 Å². The SMILES string of the molecule is C=CCN(CC=C)C(=O)CC(C(=O)O)C(C)=CC(C)CC(C)CC(C)C. The van der Waals surface area contributed by atoms with Crippen LogP contribution in [-0.4, -0.2) is 35.0 Å². The number of amides is 1. The van der Waals surface area contributed by atoms with Gasteiger partial charge < -0.3 is 10.0 Å². The van der Waals surface area contributed by atoms with Gasteiger partial charge in [0.05, 0.1) is 5.92 Å². The van der Waals surface area contributed by atoms with Gasteiger partial charge >= 0.3 is 5.97 Å². The maximum Gasteiger partial charge on any atom is 0.311 e. The van der Waals surface area contributed by atoms with Gasteiger partial charge in [0.15, 0.2) is 0 Å². The fraction of sp³-hybridized carbons (Fsp3) is 0.636. The molecule has 0 aromatic carbocycles. The molecular weight excluding hydrogens is 326 g/mol. The second-order valence-corrected chi connectivity index (χ2v) is 7.83. The first-order valence-electron chi connectivity index (χ1n) is 9.52. The number of nitrogens with zero attached hydrogens (tertiary/aromatic N) is 1. The highest BCUT2D eigenvalue weighted by Crippen LogP contribution is 2.24. The predicted octanol–water partition coefficient (Wildman–Crippen LogP) is 4.93. The van der Waals surface area contributed by atoms with E-state index < -0.39 is 11.9 Å². The second-order valence-electron chi connectivity index (χ2n) is 7.83. The fourth-order valence-corrected chi connectivity index (χ4v) is 3.51. The average molecular weight is 364 g/mol. The zero-order chi connectivity index (χ0) is 20.3. The summed E-state index contributed by atoms with van der Waals surface area (Å²) in [6.45, 7) is 18.7. The Balaban J connectivity index is 5.05. The van der Waals surface area contributed by atoms with Crippen molar-refractivity contribution in [1.82, 2.24) is 4.90 Å². The first-order valence-corrected chi connectivity index (χ1v) is 9.52. The van der Waals surface area contributed by atoms with E-state index in [4.69, 9.17) is 0 Å². The Morgan fingerprint density at radius 3 is 2.00 bits per heavy atom. The highest BCUT2D eigenvalue weighted by atomic mass is 16.4. The number of carbonyl (C=O) groups excluding carboxylic acids is 1. The summed E-state index contributed by atoms with van der Waals surface area (Å²) in [5, 5.41) is 9.60. The third-order valence-electron chi connectivity index (χ3n) is 4.47. The molecule has 3 atom stereocenters. The van der Waals surface area contributed by atoms with Gasteiger partial charge in [0.1, 0.15) is 0 Å². The molecule has 1 N–H and O–H groups in total. The molecule has 0 fully saturated rings. The lowest BCUT2D eigenvalue weighted by molar-refractivity contribution is -0.144. The molecule has 26 heavy (non-hydrogen) atoms. The van der Waals surface area contributed by atoms with Gasteiger partial charge in [-0.1, -0.05) is 51.5 Å². The van der Waals surface area contributed by atoms with Crippen LogP contribution in [0.4, 0.5) is 0 Å². The lowest BCUT2D eigenvalue weighted by atomic mass is 9.87. The van der Waals surface area contributed by atoms with Crippen LogP contribution in [0.3, 0.4) is 0 Å². The zero-order valence-corrected chi connectivity index (χ0v) is 17.2. The summed E-state index contributed by atoms with van der Waals surface area (Å²) in [6, 6.07) is 0. The molecule has 0 aromatic heterocycles. The van der Waals surface area contributed by atoms with Crippen molar-refractivity contribution in [1.29, 1.82) is 0 Å². The Bertz CT molecular complexity index is 498. The molecule has 0 aliphatic carbocycles. The zero-order valence-electron chi connectivity index (χ0n) is 17.2. The van der Waals surface area contributed by atoms with Gasteiger partial charge in [-0.15, -0.1) is 13.2 Å². The van der Waals surface area contributed by atoms with Crippen LogP contribution in [0.25, 0.3) is 0 Å². The topological polar surface area (TPSA) is 57.6 Å². The van der Waals surface area contributed by atoms with Crippen LogP contribution in [0.1, 0.15) is 53.9 Å². The van der Waals surface area contributed by atoms with E-state index in [9.17, 15) is 14.7 Å². The summed E-state index contributed by atoms with van der Waals surface area (Å²) in [5.41, 5.74) is 0.757. The highest BCUT2D eigenvalue weighted by Gasteiger charge is 2.25. The van der Waals surface area contributed by atoms with Crippen molar-refractivity contribution >= 4 is 11.9 Å². The minimum absolute atomic E-state index is 0.0341. The van der Waals surface area contributed by atoms with Crippen molar-refractivity contribution in [3.63, 3.8) is 0 Å². The molecule has 0 spiro atoms. The maximum absolute atomic E-state index is 12.5. The Labute approximate surface area is 159 Å². The van der Waals surface area contributed by atoms with E-state index in [1.165, 1.54) is 0 Å². The van der Waals surface area contributed by atoms with Gasteiger partial charge in [-0.25, -0.2) is 0 Å². The molecule has 4 nitrogen and oxygen atoms in total. The Morgan fingerprint density at radius 1 is 1.04 bits per heavy atom. The van der Waals surface area contributed by atoms with Gasteiger partial charge in [0.25, 0.3) is 0 Å². The summed E-state index contributed by atoms with van der Waals surface area (Å²) < 4.78 is 0. The third kappa shape index (κ3) is 9.59. The standard InChI is InChI=1S/C22H37NO3/c1-8-10-23(11-9-2)21(24)15-20(22(25)26)19(7)14-18(6)13-17(5)12-16(3)4/h8-9,14,16-18,20H,1-2,10-13,15H2,3-7H3,(H,25,26). The van der Waals surface area contributed by atoms with Gasteiger partial charge in [0.2, 0.25) is 5.91 Å². The molecule has 0 aliphatic heterocycles. The van der Waals surface area contributed by atoms with E-state index in [1.807, 2.05) is 13.0 Å². The fourth-order valence-electron chi connectivity index (χ4n) is 3.51. The molecular formula is C22H37NO3. The second kappa shape index (κ2) is 12.5. The Morgan fingerprint density at radius 2 is 1.58 bits per heavy atom. The summed E-state index contributed by atoms with van der Waals surface area (Å²) in [4.78, 5) is 25.7. The third-order valence-corrected chi connectivity index (χ3v) is 4.47. The number of hydrogen-bond acceptors (Lipinski definition) is 2. The maximum atomic E-state index is 12.5. The van der Waals surface area contributed by atoms with E-state index in [2.05, 4.69) is 40.9 Å². The molecule has 0 saturated carbocycles. The van der Waals surface area contributed by atoms with Crippen molar-refractivity contribution in [3.8, 4) is 0 Å². The Hall–Kier alpha value is -1.84. The van der Waals surface area contributed by atoms with Crippen LogP contribution in [0.5, 0.6) is 0 Å². The monoisotopic (exact) mass is 363 g/mol. The van der Waals surface area contributed by atoms with Crippen LogP contribution in [0.2, 0.25) is 0 Å². The van der Waals surface area contributed by atoms with Gasteiger partial charge in [-0.3, -0.25) is 9.59 Å². The molecule has 0 heterocycles. The van der Waals surface area contributed by atoms with Crippen LogP contribution < -0.4 is 0 Å². The number of carboxylic acids is 1. The molecule has 4 heteroatoms. The van der Waals surface area contributed by atoms with Crippen molar-refractivity contribution in [3.05, 3.63) is 37.0 Å². The predicted molar refractivity (Wildman–Crippen MR) is 109 cm³/mol. The van der Waals surface area contributed by atoms with E-state index in [-0.39, 0.29) is 18.2 Å². The number of carbonyl (C=O) groups is 2. The molecule has 0 bridgehead atoms. The smallest absolute Gasteiger partial charge is 0.311 e. The minimum atomic E-state index is -0.952. The molecule has 0 aromatic rings. The molecule has 3 unspecified atom stereocenters. The number of carboxylic acid groups (broad SMARTS) is 1. The van der Waals surface area contributed by atoms with Crippen molar-refractivity contribution in [2.24, 2.45) is 23.7 Å². The van der Waals surface area contributed by atoms with Crippen LogP contribution in [0, 0.1) is 23.7 Å². The quantitative estimate of drug-likeness (QED) is 0.472. The summed E-state index contributed by atoms with van der Waals surface area (Å²) in [6.07, 6.45) is 7.45.